The van der Waals surface area contributed by atoms with Crippen molar-refractivity contribution >= 4 is 0 Å². The van der Waals surface area contributed by atoms with Crippen LogP contribution in [0, 0.1) is 0 Å². The van der Waals surface area contributed by atoms with Crippen LogP contribution in [0.1, 0.15) is 23.1 Å². The number of methoxy groups -OCH3 is 4. The molecular formula is C19H24O6. The number of rotatable bonds is 8. The molecule has 2 unspecified atom stereocenters. The summed E-state index contributed by atoms with van der Waals surface area (Å²) in [5.41, 5.74) is 1.36. The van der Waals surface area contributed by atoms with Crippen LogP contribution in [0.15, 0.2) is 36.4 Å². The van der Waals surface area contributed by atoms with Gasteiger partial charge in [-0.3, -0.25) is 0 Å². The average Bonchev–Trinajstić information content (AvgIpc) is 2.67. The third-order valence-electron chi connectivity index (χ3n) is 4.16. The van der Waals surface area contributed by atoms with E-state index in [0.717, 1.165) is 5.56 Å². The highest BCUT2D eigenvalue weighted by Crippen LogP contribution is 2.38. The van der Waals surface area contributed by atoms with Gasteiger partial charge in [-0.05, 0) is 35.4 Å². The van der Waals surface area contributed by atoms with Gasteiger partial charge in [-0.1, -0.05) is 12.1 Å². The molecule has 6 nitrogen and oxygen atoms in total. The molecule has 0 saturated carbocycles. The number of hydrogen-bond donors (Lipinski definition) is 2. The highest BCUT2D eigenvalue weighted by Gasteiger charge is 2.24. The van der Waals surface area contributed by atoms with E-state index in [2.05, 4.69) is 0 Å². The van der Waals surface area contributed by atoms with Crippen LogP contribution in [0.5, 0.6) is 23.0 Å². The standard InChI is InChI=1S/C19H24O6/c1-22-15-7-5-12(9-17(15)24-3)14(11-20)19(21)13-6-8-16(23-2)18(10-13)25-4/h5-10,14,19-21H,11H2,1-4H3/i1+2,2+2. The minimum atomic E-state index is -0.928. The molecule has 2 N–H and O–H groups in total. The molecule has 136 valence electrons. The zero-order chi connectivity index (χ0) is 18.4. The largest absolute Gasteiger partial charge is 0.493 e. The first-order valence-corrected chi connectivity index (χ1v) is 7.82. The smallest absolute Gasteiger partial charge is 0.161 e. The summed E-state index contributed by atoms with van der Waals surface area (Å²) in [7, 11) is 6.18. The lowest BCUT2D eigenvalue weighted by atomic mass is 9.89. The second-order valence-corrected chi connectivity index (χ2v) is 5.46. The molecule has 2 aromatic rings. The summed E-state index contributed by atoms with van der Waals surface area (Å²) in [6.45, 7) is -0.231. The lowest BCUT2D eigenvalue weighted by molar-refractivity contribution is 0.106. The topological polar surface area (TPSA) is 77.4 Å². The Hall–Kier alpha value is -2.44. The first-order chi connectivity index (χ1) is 12.1. The number of benzene rings is 2. The Morgan fingerprint density at radius 1 is 0.840 bits per heavy atom. The molecule has 0 saturated heterocycles. The van der Waals surface area contributed by atoms with E-state index in [1.54, 1.807) is 57.7 Å². The summed E-state index contributed by atoms with van der Waals surface area (Å²) in [6.07, 6.45) is -0.928. The van der Waals surface area contributed by atoms with Gasteiger partial charge in [-0.15, -0.1) is 0 Å². The predicted octanol–water partition coefficient (Wildman–Crippen LogP) is 2.53. The van der Waals surface area contributed by atoms with Crippen molar-refractivity contribution in [3.63, 3.8) is 0 Å². The molecule has 0 amide bonds. The first kappa shape index (κ1) is 18.9. The molecule has 0 radical (unpaired) electrons. The first-order valence-electron chi connectivity index (χ1n) is 7.82. The van der Waals surface area contributed by atoms with Gasteiger partial charge in [0.1, 0.15) is 0 Å². The predicted molar refractivity (Wildman–Crippen MR) is 93.9 cm³/mol. The van der Waals surface area contributed by atoms with Crippen molar-refractivity contribution in [2.45, 2.75) is 12.0 Å². The van der Waals surface area contributed by atoms with Gasteiger partial charge in [-0.25, -0.2) is 0 Å². The van der Waals surface area contributed by atoms with Crippen LogP contribution >= 0.6 is 0 Å². The van der Waals surface area contributed by atoms with Gasteiger partial charge in [0.25, 0.3) is 0 Å². The number of ether oxygens (including phenoxy) is 4. The van der Waals surface area contributed by atoms with Gasteiger partial charge in [0, 0.05) is 5.92 Å². The molecule has 2 atom stereocenters. The number of hydrogen-bond acceptors (Lipinski definition) is 6. The third kappa shape index (κ3) is 3.97. The molecule has 2 aromatic carbocycles. The summed E-state index contributed by atoms with van der Waals surface area (Å²) < 4.78 is 21.0. The van der Waals surface area contributed by atoms with Gasteiger partial charge in [0.15, 0.2) is 23.0 Å². The van der Waals surface area contributed by atoms with E-state index in [1.165, 1.54) is 7.11 Å². The molecule has 0 aromatic heterocycles. The van der Waals surface area contributed by atoms with Crippen molar-refractivity contribution in [3.05, 3.63) is 47.5 Å². The molecule has 2 rings (SSSR count). The molecule has 25 heavy (non-hydrogen) atoms. The van der Waals surface area contributed by atoms with Crippen molar-refractivity contribution in [2.75, 3.05) is 35.0 Å². The van der Waals surface area contributed by atoms with E-state index in [4.69, 9.17) is 18.9 Å². The zero-order valence-electron chi connectivity index (χ0n) is 14.9. The monoisotopic (exact) mass is 352 g/mol. The van der Waals surface area contributed by atoms with Gasteiger partial charge >= 0.3 is 0 Å². The third-order valence-corrected chi connectivity index (χ3v) is 4.16. The zero-order valence-corrected chi connectivity index (χ0v) is 14.9. The highest BCUT2D eigenvalue weighted by molar-refractivity contribution is 5.46. The van der Waals surface area contributed by atoms with E-state index in [1.807, 2.05) is 0 Å². The molecule has 0 heterocycles. The molecule has 6 heteroatoms. The fraction of sp³-hybridized carbons (Fsp3) is 0.368. The van der Waals surface area contributed by atoms with E-state index >= 15 is 0 Å². The Morgan fingerprint density at radius 2 is 1.32 bits per heavy atom. The van der Waals surface area contributed by atoms with Gasteiger partial charge in [-0.2, -0.15) is 0 Å². The second-order valence-electron chi connectivity index (χ2n) is 5.46. The summed E-state index contributed by atoms with van der Waals surface area (Å²) in [6, 6.07) is 10.5. The lowest BCUT2D eigenvalue weighted by Gasteiger charge is -2.23. The van der Waals surface area contributed by atoms with Crippen LogP contribution in [-0.2, 0) is 0 Å². The van der Waals surface area contributed by atoms with Crippen LogP contribution < -0.4 is 18.9 Å². The molecular weight excluding hydrogens is 328 g/mol. The molecule has 0 aliphatic carbocycles. The summed E-state index contributed by atoms with van der Waals surface area (Å²) in [5.74, 6) is 1.69. The van der Waals surface area contributed by atoms with E-state index in [-0.39, 0.29) is 6.61 Å². The maximum Gasteiger partial charge on any atom is 0.161 e. The molecule has 0 fully saturated rings. The van der Waals surface area contributed by atoms with Crippen molar-refractivity contribution < 1.29 is 29.2 Å². The Kier molecular flexibility index (Phi) is 6.50. The maximum absolute atomic E-state index is 10.8. The molecule has 0 bridgehead atoms. The van der Waals surface area contributed by atoms with Crippen LogP contribution in [0.3, 0.4) is 0 Å². The lowest BCUT2D eigenvalue weighted by Crippen LogP contribution is -2.15. The van der Waals surface area contributed by atoms with Gasteiger partial charge in [0.2, 0.25) is 0 Å². The second kappa shape index (κ2) is 8.60. The minimum absolute atomic E-state index is 0.231. The van der Waals surface area contributed by atoms with Crippen LogP contribution in [0.2, 0.25) is 0 Å². The van der Waals surface area contributed by atoms with Crippen LogP contribution in [0.25, 0.3) is 0 Å². The fourth-order valence-electron chi connectivity index (χ4n) is 2.74. The van der Waals surface area contributed by atoms with E-state index < -0.39 is 12.0 Å². The minimum Gasteiger partial charge on any atom is -0.493 e. The molecule has 0 spiro atoms. The average molecular weight is 352 g/mol. The molecule has 0 aliphatic rings. The Balaban J connectivity index is 2.37. The van der Waals surface area contributed by atoms with E-state index in [9.17, 15) is 10.2 Å². The highest BCUT2D eigenvalue weighted by atomic mass is 16.6. The number of aliphatic hydroxyl groups excluding tert-OH is 2. The van der Waals surface area contributed by atoms with Gasteiger partial charge in [0.05, 0.1) is 41.2 Å². The summed E-state index contributed by atoms with van der Waals surface area (Å²) in [4.78, 5) is 0. The quantitative estimate of drug-likeness (QED) is 0.760. The van der Waals surface area contributed by atoms with Crippen molar-refractivity contribution in [1.82, 2.24) is 0 Å². The fourth-order valence-corrected chi connectivity index (χ4v) is 2.74. The number of aliphatic hydroxyl groups is 2. The van der Waals surface area contributed by atoms with Crippen molar-refractivity contribution in [3.8, 4) is 23.0 Å². The Bertz CT molecular complexity index is 700. The Morgan fingerprint density at radius 3 is 1.76 bits per heavy atom. The van der Waals surface area contributed by atoms with Crippen LogP contribution in [0.4, 0.5) is 0 Å². The van der Waals surface area contributed by atoms with Crippen molar-refractivity contribution in [1.29, 1.82) is 0 Å². The van der Waals surface area contributed by atoms with E-state index in [0.29, 0.717) is 28.6 Å². The van der Waals surface area contributed by atoms with Crippen LogP contribution in [-0.4, -0.2) is 45.3 Å². The maximum atomic E-state index is 10.8. The normalized spacial score (nSPS) is 13.0. The Labute approximate surface area is 147 Å². The SMILES string of the molecule is COc1cc(C(O)C(CO)c2ccc(O[14CH3])c(OC)c2)ccc1O[14CH3]. The molecule has 0 aliphatic heterocycles. The summed E-state index contributed by atoms with van der Waals surface area (Å²) in [5, 5.41) is 20.6. The van der Waals surface area contributed by atoms with Gasteiger partial charge < -0.3 is 29.2 Å². The van der Waals surface area contributed by atoms with Crippen molar-refractivity contribution in [2.24, 2.45) is 0 Å². The summed E-state index contributed by atoms with van der Waals surface area (Å²) >= 11 is 0.